The Labute approximate surface area is 196 Å². The first-order chi connectivity index (χ1) is 16.0. The standard InChI is InChI=1S/C23H16ClF2N5OS/c1-2-32-13-9-16(25)15(17(26)10-13)12-31-19-6-4-3-5-14(19)21(30-31)22-28-18(11-20(24)29-22)23-27-7-8-33-23/h3-11H,2,12H2,1H3. The number of thiazole rings is 1. The number of hydrogen-bond acceptors (Lipinski definition) is 6. The van der Waals surface area contributed by atoms with Gasteiger partial charge in [0.25, 0.3) is 0 Å². The van der Waals surface area contributed by atoms with Crippen molar-refractivity contribution in [2.75, 3.05) is 6.61 Å². The van der Waals surface area contributed by atoms with Crippen LogP contribution in [0.4, 0.5) is 8.78 Å². The Morgan fingerprint density at radius 2 is 1.88 bits per heavy atom. The van der Waals surface area contributed by atoms with Crippen molar-refractivity contribution < 1.29 is 13.5 Å². The van der Waals surface area contributed by atoms with E-state index in [0.29, 0.717) is 34.3 Å². The molecule has 0 spiro atoms. The molecule has 166 valence electrons. The average Bonchev–Trinajstić information content (AvgIpc) is 3.45. The van der Waals surface area contributed by atoms with Crippen molar-refractivity contribution in [3.05, 3.63) is 76.4 Å². The molecule has 2 aromatic carbocycles. The van der Waals surface area contributed by atoms with Crippen LogP contribution >= 0.6 is 22.9 Å². The van der Waals surface area contributed by atoms with Crippen molar-refractivity contribution in [1.29, 1.82) is 0 Å². The van der Waals surface area contributed by atoms with Gasteiger partial charge in [-0.2, -0.15) is 5.10 Å². The number of nitrogens with zero attached hydrogens (tertiary/aromatic N) is 5. The highest BCUT2D eigenvalue weighted by molar-refractivity contribution is 7.13. The summed E-state index contributed by atoms with van der Waals surface area (Å²) in [6, 6.07) is 11.3. The molecule has 0 N–H and O–H groups in total. The summed E-state index contributed by atoms with van der Waals surface area (Å²) in [6.45, 7) is 1.94. The molecule has 33 heavy (non-hydrogen) atoms. The molecule has 0 atom stereocenters. The van der Waals surface area contributed by atoms with E-state index in [-0.39, 0.29) is 23.0 Å². The highest BCUT2D eigenvalue weighted by atomic mass is 35.5. The summed E-state index contributed by atoms with van der Waals surface area (Å²) in [7, 11) is 0. The summed E-state index contributed by atoms with van der Waals surface area (Å²) in [6.07, 6.45) is 1.68. The van der Waals surface area contributed by atoms with Crippen LogP contribution < -0.4 is 4.74 Å². The van der Waals surface area contributed by atoms with Crippen LogP contribution in [0.2, 0.25) is 5.15 Å². The minimum absolute atomic E-state index is 0.117. The Morgan fingerprint density at radius 3 is 2.61 bits per heavy atom. The fourth-order valence-electron chi connectivity index (χ4n) is 3.53. The summed E-state index contributed by atoms with van der Waals surface area (Å²) >= 11 is 7.69. The Morgan fingerprint density at radius 1 is 1.09 bits per heavy atom. The number of aromatic nitrogens is 5. The van der Waals surface area contributed by atoms with Gasteiger partial charge in [-0.05, 0) is 13.0 Å². The zero-order valence-corrected chi connectivity index (χ0v) is 18.9. The predicted molar refractivity (Wildman–Crippen MR) is 124 cm³/mol. The third-order valence-electron chi connectivity index (χ3n) is 4.95. The normalized spacial score (nSPS) is 11.3. The number of rotatable bonds is 6. The second kappa shape index (κ2) is 8.84. The van der Waals surface area contributed by atoms with Gasteiger partial charge in [-0.1, -0.05) is 29.8 Å². The Hall–Kier alpha value is -3.43. The molecule has 0 aliphatic heterocycles. The molecule has 10 heteroatoms. The lowest BCUT2D eigenvalue weighted by molar-refractivity contribution is 0.335. The van der Waals surface area contributed by atoms with Crippen LogP contribution in [0, 0.1) is 11.6 Å². The highest BCUT2D eigenvalue weighted by Gasteiger charge is 2.19. The maximum Gasteiger partial charge on any atom is 0.182 e. The number of benzene rings is 2. The molecule has 3 heterocycles. The SMILES string of the molecule is CCOc1cc(F)c(Cn2nc(-c3nc(Cl)cc(-c4nccs4)n3)c3ccccc32)c(F)c1. The third-order valence-corrected chi connectivity index (χ3v) is 5.94. The van der Waals surface area contributed by atoms with Gasteiger partial charge >= 0.3 is 0 Å². The quantitative estimate of drug-likeness (QED) is 0.277. The van der Waals surface area contributed by atoms with Crippen molar-refractivity contribution >= 4 is 33.8 Å². The molecule has 0 amide bonds. The maximum absolute atomic E-state index is 14.7. The van der Waals surface area contributed by atoms with Gasteiger partial charge < -0.3 is 4.74 Å². The van der Waals surface area contributed by atoms with Gasteiger partial charge in [0.1, 0.15) is 38.9 Å². The van der Waals surface area contributed by atoms with E-state index in [1.54, 1.807) is 19.2 Å². The van der Waals surface area contributed by atoms with Crippen molar-refractivity contribution in [2.45, 2.75) is 13.5 Å². The lowest BCUT2D eigenvalue weighted by Crippen LogP contribution is -2.07. The van der Waals surface area contributed by atoms with E-state index in [1.807, 2.05) is 29.6 Å². The summed E-state index contributed by atoms with van der Waals surface area (Å²) in [5.74, 6) is -0.964. The molecule has 3 aromatic heterocycles. The number of hydrogen-bond donors (Lipinski definition) is 0. The van der Waals surface area contributed by atoms with Crippen molar-refractivity contribution in [1.82, 2.24) is 24.7 Å². The van der Waals surface area contributed by atoms with Gasteiger partial charge in [-0.15, -0.1) is 11.3 Å². The lowest BCUT2D eigenvalue weighted by Gasteiger charge is -2.09. The molecule has 5 rings (SSSR count). The first-order valence-corrected chi connectivity index (χ1v) is 11.3. The maximum atomic E-state index is 14.7. The molecule has 0 saturated heterocycles. The molecule has 0 unspecified atom stereocenters. The van der Waals surface area contributed by atoms with E-state index in [4.69, 9.17) is 16.3 Å². The van der Waals surface area contributed by atoms with E-state index in [9.17, 15) is 8.78 Å². The van der Waals surface area contributed by atoms with E-state index in [1.165, 1.54) is 28.2 Å². The van der Waals surface area contributed by atoms with Gasteiger partial charge in [0.2, 0.25) is 0 Å². The van der Waals surface area contributed by atoms with Gasteiger partial charge in [0, 0.05) is 40.7 Å². The average molecular weight is 484 g/mol. The fourth-order valence-corrected chi connectivity index (χ4v) is 4.31. The van der Waals surface area contributed by atoms with E-state index in [2.05, 4.69) is 20.1 Å². The highest BCUT2D eigenvalue weighted by Crippen LogP contribution is 2.31. The Balaban J connectivity index is 1.61. The van der Waals surface area contributed by atoms with Gasteiger partial charge in [0.05, 0.1) is 18.7 Å². The predicted octanol–water partition coefficient (Wildman–Crippen LogP) is 6.00. The van der Waals surface area contributed by atoms with Crippen molar-refractivity contribution in [2.24, 2.45) is 0 Å². The molecule has 0 saturated carbocycles. The molecule has 0 aliphatic rings. The zero-order chi connectivity index (χ0) is 22.9. The van der Waals surface area contributed by atoms with Crippen LogP contribution in [0.1, 0.15) is 12.5 Å². The Kier molecular flexibility index (Phi) is 5.74. The zero-order valence-electron chi connectivity index (χ0n) is 17.3. The van der Waals surface area contributed by atoms with E-state index >= 15 is 0 Å². The monoisotopic (exact) mass is 483 g/mol. The van der Waals surface area contributed by atoms with Crippen molar-refractivity contribution in [3.63, 3.8) is 0 Å². The molecule has 0 fully saturated rings. The minimum Gasteiger partial charge on any atom is -0.494 e. The molecular weight excluding hydrogens is 468 g/mol. The summed E-state index contributed by atoms with van der Waals surface area (Å²) in [5, 5.41) is 8.13. The van der Waals surface area contributed by atoms with Gasteiger partial charge in [0.15, 0.2) is 5.82 Å². The van der Waals surface area contributed by atoms with Crippen LogP contribution in [0.5, 0.6) is 5.75 Å². The second-order valence-electron chi connectivity index (χ2n) is 7.06. The molecule has 5 aromatic rings. The first kappa shape index (κ1) is 21.4. The van der Waals surface area contributed by atoms with Crippen LogP contribution in [-0.4, -0.2) is 31.3 Å². The third kappa shape index (κ3) is 4.17. The summed E-state index contributed by atoms with van der Waals surface area (Å²) < 4.78 is 36.2. The number of ether oxygens (including phenoxy) is 1. The van der Waals surface area contributed by atoms with Gasteiger partial charge in [-0.25, -0.2) is 23.7 Å². The largest absolute Gasteiger partial charge is 0.494 e. The lowest BCUT2D eigenvalue weighted by atomic mass is 10.1. The molecule has 0 bridgehead atoms. The van der Waals surface area contributed by atoms with E-state index < -0.39 is 11.6 Å². The molecular formula is C23H16ClF2N5OS. The minimum atomic E-state index is -0.704. The summed E-state index contributed by atoms with van der Waals surface area (Å²) in [4.78, 5) is 13.2. The topological polar surface area (TPSA) is 65.7 Å². The van der Waals surface area contributed by atoms with Crippen molar-refractivity contribution in [3.8, 4) is 28.0 Å². The number of fused-ring (bicyclic) bond motifs is 1. The van der Waals surface area contributed by atoms with Crippen LogP contribution in [-0.2, 0) is 6.54 Å². The number of halogens is 3. The molecule has 0 aliphatic carbocycles. The number of para-hydroxylation sites is 1. The molecule has 0 radical (unpaired) electrons. The van der Waals surface area contributed by atoms with Crippen LogP contribution in [0.15, 0.2) is 54.0 Å². The second-order valence-corrected chi connectivity index (χ2v) is 8.34. The summed E-state index contributed by atoms with van der Waals surface area (Å²) in [5.41, 5.74) is 1.59. The van der Waals surface area contributed by atoms with E-state index in [0.717, 1.165) is 5.39 Å². The molecule has 6 nitrogen and oxygen atoms in total. The van der Waals surface area contributed by atoms with Crippen LogP contribution in [0.3, 0.4) is 0 Å². The first-order valence-electron chi connectivity index (χ1n) is 10.0. The van der Waals surface area contributed by atoms with Gasteiger partial charge in [-0.3, -0.25) is 4.68 Å². The fraction of sp³-hybridized carbons (Fsp3) is 0.130. The smallest absolute Gasteiger partial charge is 0.182 e. The Bertz CT molecular complexity index is 1430. The van der Waals surface area contributed by atoms with Crippen LogP contribution in [0.25, 0.3) is 33.1 Å².